The third kappa shape index (κ3) is 2.18. The van der Waals surface area contributed by atoms with Gasteiger partial charge < -0.3 is 5.32 Å². The summed E-state index contributed by atoms with van der Waals surface area (Å²) in [7, 11) is 2.00. The lowest BCUT2D eigenvalue weighted by atomic mass is 9.48. The van der Waals surface area contributed by atoms with Crippen LogP contribution in [0.2, 0.25) is 0 Å². The van der Waals surface area contributed by atoms with Gasteiger partial charge in [0.1, 0.15) is 5.82 Å². The number of nitrogens with one attached hydrogen (secondary N) is 1. The number of hydrogen-bond acceptors (Lipinski definition) is 1. The molecule has 1 aromatic rings. The Hall–Kier alpha value is -0.890. The van der Waals surface area contributed by atoms with Gasteiger partial charge in [0.25, 0.3) is 0 Å². The lowest BCUT2D eigenvalue weighted by molar-refractivity contribution is 0.0140. The minimum absolute atomic E-state index is 0.144. The minimum Gasteiger partial charge on any atom is -0.319 e. The topological polar surface area (TPSA) is 12.0 Å². The molecule has 1 fully saturated rings. The second-order valence-corrected chi connectivity index (χ2v) is 5.88. The van der Waals surface area contributed by atoms with Crippen molar-refractivity contribution in [2.24, 2.45) is 5.41 Å². The van der Waals surface area contributed by atoms with E-state index in [1.165, 1.54) is 31.2 Å². The standard InChI is InChI=1S/C16H24FN/c1-4-15(5-2)10-16(11-15,12-18-3)13-6-8-14(17)9-7-13/h6-9,18H,4-5,10-12H2,1-3H3. The molecule has 2 rings (SSSR count). The summed E-state index contributed by atoms with van der Waals surface area (Å²) in [5, 5.41) is 3.32. The molecule has 0 saturated heterocycles. The van der Waals surface area contributed by atoms with E-state index in [4.69, 9.17) is 0 Å². The molecule has 18 heavy (non-hydrogen) atoms. The largest absolute Gasteiger partial charge is 0.319 e. The third-order valence-corrected chi connectivity index (χ3v) is 4.90. The summed E-state index contributed by atoms with van der Waals surface area (Å²) in [4.78, 5) is 0. The highest BCUT2D eigenvalue weighted by Crippen LogP contribution is 2.58. The van der Waals surface area contributed by atoms with Gasteiger partial charge in [0.05, 0.1) is 0 Å². The zero-order valence-electron chi connectivity index (χ0n) is 11.7. The van der Waals surface area contributed by atoms with E-state index in [1.54, 1.807) is 12.1 Å². The van der Waals surface area contributed by atoms with Crippen molar-refractivity contribution in [2.45, 2.75) is 44.9 Å². The van der Waals surface area contributed by atoms with Gasteiger partial charge in [0, 0.05) is 12.0 Å². The van der Waals surface area contributed by atoms with Crippen LogP contribution in [-0.4, -0.2) is 13.6 Å². The maximum Gasteiger partial charge on any atom is 0.123 e. The number of halogens is 1. The summed E-state index contributed by atoms with van der Waals surface area (Å²) in [6.07, 6.45) is 4.94. The summed E-state index contributed by atoms with van der Waals surface area (Å²) in [6, 6.07) is 7.10. The van der Waals surface area contributed by atoms with Crippen LogP contribution in [0.25, 0.3) is 0 Å². The Bertz CT molecular complexity index is 384. The molecule has 1 nitrogen and oxygen atoms in total. The first-order chi connectivity index (χ1) is 8.60. The maximum absolute atomic E-state index is 13.1. The Labute approximate surface area is 110 Å². The Morgan fingerprint density at radius 3 is 2.11 bits per heavy atom. The third-order valence-electron chi connectivity index (χ3n) is 4.90. The zero-order valence-corrected chi connectivity index (χ0v) is 11.7. The zero-order chi connectivity index (χ0) is 13.2. The number of benzene rings is 1. The molecule has 1 aromatic carbocycles. The Balaban J connectivity index is 2.23. The molecule has 0 bridgehead atoms. The van der Waals surface area contributed by atoms with Crippen LogP contribution in [0.5, 0.6) is 0 Å². The average molecular weight is 249 g/mol. The predicted molar refractivity (Wildman–Crippen MR) is 74.3 cm³/mol. The van der Waals surface area contributed by atoms with Crippen LogP contribution in [0, 0.1) is 11.2 Å². The van der Waals surface area contributed by atoms with Gasteiger partial charge in [-0.05, 0) is 43.0 Å². The molecular formula is C16H24FN. The minimum atomic E-state index is -0.144. The van der Waals surface area contributed by atoms with Crippen LogP contribution in [0.1, 0.15) is 45.1 Å². The van der Waals surface area contributed by atoms with Crippen molar-refractivity contribution in [3.63, 3.8) is 0 Å². The predicted octanol–water partition coefficient (Wildman–Crippen LogP) is 3.88. The van der Waals surface area contributed by atoms with Gasteiger partial charge in [-0.25, -0.2) is 4.39 Å². The van der Waals surface area contributed by atoms with Crippen molar-refractivity contribution in [2.75, 3.05) is 13.6 Å². The Morgan fingerprint density at radius 1 is 1.11 bits per heavy atom. The van der Waals surface area contributed by atoms with E-state index < -0.39 is 0 Å². The molecular weight excluding hydrogens is 225 g/mol. The molecule has 0 spiro atoms. The van der Waals surface area contributed by atoms with Crippen molar-refractivity contribution in [1.82, 2.24) is 5.32 Å². The molecule has 0 atom stereocenters. The van der Waals surface area contributed by atoms with E-state index in [9.17, 15) is 4.39 Å². The monoisotopic (exact) mass is 249 g/mol. The summed E-state index contributed by atoms with van der Waals surface area (Å²) >= 11 is 0. The summed E-state index contributed by atoms with van der Waals surface area (Å²) in [6.45, 7) is 5.56. The van der Waals surface area contributed by atoms with E-state index in [0.29, 0.717) is 5.41 Å². The maximum atomic E-state index is 13.1. The molecule has 0 heterocycles. The van der Waals surface area contributed by atoms with Crippen LogP contribution >= 0.6 is 0 Å². The molecule has 1 saturated carbocycles. The summed E-state index contributed by atoms with van der Waals surface area (Å²) in [5.74, 6) is -0.144. The molecule has 0 radical (unpaired) electrons. The lowest BCUT2D eigenvalue weighted by Crippen LogP contribution is -2.54. The van der Waals surface area contributed by atoms with Crippen LogP contribution in [0.3, 0.4) is 0 Å². The van der Waals surface area contributed by atoms with Crippen molar-refractivity contribution >= 4 is 0 Å². The van der Waals surface area contributed by atoms with Crippen LogP contribution < -0.4 is 5.32 Å². The molecule has 0 aromatic heterocycles. The molecule has 1 N–H and O–H groups in total. The second kappa shape index (κ2) is 5.00. The molecule has 100 valence electrons. The summed E-state index contributed by atoms with van der Waals surface area (Å²) in [5.41, 5.74) is 2.01. The molecule has 1 aliphatic rings. The van der Waals surface area contributed by atoms with Crippen molar-refractivity contribution in [3.8, 4) is 0 Å². The number of likely N-dealkylation sites (N-methyl/N-ethyl adjacent to an activating group) is 1. The van der Waals surface area contributed by atoms with Gasteiger partial charge in [0.2, 0.25) is 0 Å². The van der Waals surface area contributed by atoms with Gasteiger partial charge in [-0.2, -0.15) is 0 Å². The van der Waals surface area contributed by atoms with Crippen LogP contribution in [-0.2, 0) is 5.41 Å². The normalized spacial score (nSPS) is 20.4. The van der Waals surface area contributed by atoms with E-state index >= 15 is 0 Å². The van der Waals surface area contributed by atoms with Crippen LogP contribution in [0.15, 0.2) is 24.3 Å². The number of hydrogen-bond donors (Lipinski definition) is 1. The second-order valence-electron chi connectivity index (χ2n) is 5.88. The Kier molecular flexibility index (Phi) is 3.76. The SMILES string of the molecule is CCC1(CC)CC(CNC)(c2ccc(F)cc2)C1. The molecule has 0 aliphatic heterocycles. The highest BCUT2D eigenvalue weighted by Gasteiger charge is 2.52. The average Bonchev–Trinajstić information content (AvgIpc) is 2.35. The fourth-order valence-electron chi connectivity index (χ4n) is 3.71. The van der Waals surface area contributed by atoms with Crippen molar-refractivity contribution in [1.29, 1.82) is 0 Å². The molecule has 2 heteroatoms. The molecule has 1 aliphatic carbocycles. The fourth-order valence-corrected chi connectivity index (χ4v) is 3.71. The van der Waals surface area contributed by atoms with E-state index in [0.717, 1.165) is 6.54 Å². The van der Waals surface area contributed by atoms with Crippen molar-refractivity contribution < 1.29 is 4.39 Å². The lowest BCUT2D eigenvalue weighted by Gasteiger charge is -2.57. The van der Waals surface area contributed by atoms with E-state index in [1.807, 2.05) is 19.2 Å². The Morgan fingerprint density at radius 2 is 1.67 bits per heavy atom. The van der Waals surface area contributed by atoms with Gasteiger partial charge in [0.15, 0.2) is 0 Å². The first-order valence-corrected chi connectivity index (χ1v) is 7.00. The summed E-state index contributed by atoms with van der Waals surface area (Å²) < 4.78 is 13.1. The van der Waals surface area contributed by atoms with Gasteiger partial charge >= 0.3 is 0 Å². The van der Waals surface area contributed by atoms with E-state index in [2.05, 4.69) is 19.2 Å². The van der Waals surface area contributed by atoms with Gasteiger partial charge in [-0.1, -0.05) is 38.8 Å². The van der Waals surface area contributed by atoms with E-state index in [-0.39, 0.29) is 11.2 Å². The first kappa shape index (κ1) is 13.5. The smallest absolute Gasteiger partial charge is 0.123 e. The fraction of sp³-hybridized carbons (Fsp3) is 0.625. The van der Waals surface area contributed by atoms with Gasteiger partial charge in [-0.15, -0.1) is 0 Å². The van der Waals surface area contributed by atoms with Crippen molar-refractivity contribution in [3.05, 3.63) is 35.6 Å². The molecule has 0 unspecified atom stereocenters. The van der Waals surface area contributed by atoms with Crippen LogP contribution in [0.4, 0.5) is 4.39 Å². The highest BCUT2D eigenvalue weighted by atomic mass is 19.1. The molecule has 0 amide bonds. The first-order valence-electron chi connectivity index (χ1n) is 7.00. The highest BCUT2D eigenvalue weighted by molar-refractivity contribution is 5.31. The van der Waals surface area contributed by atoms with Gasteiger partial charge in [-0.3, -0.25) is 0 Å². The quantitative estimate of drug-likeness (QED) is 0.835. The number of rotatable bonds is 5.